The molecule has 0 aromatic heterocycles. The lowest BCUT2D eigenvalue weighted by Gasteiger charge is -2.45. The summed E-state index contributed by atoms with van der Waals surface area (Å²) in [7, 11) is 0. The average molecular weight is 419 g/mol. The van der Waals surface area contributed by atoms with Crippen LogP contribution in [0.15, 0.2) is 24.3 Å². The number of ether oxygens (including phenoxy) is 2. The van der Waals surface area contributed by atoms with E-state index in [1.807, 2.05) is 31.2 Å². The Morgan fingerprint density at radius 1 is 1.00 bits per heavy atom. The number of benzene rings is 1. The largest absolute Gasteiger partial charge is 0.443 e. The van der Waals surface area contributed by atoms with Gasteiger partial charge in [0, 0.05) is 6.42 Å². The van der Waals surface area contributed by atoms with Gasteiger partial charge in [-0.25, -0.2) is 15.0 Å². The second-order valence-corrected chi connectivity index (χ2v) is 9.73. The quantitative estimate of drug-likeness (QED) is 0.683. The van der Waals surface area contributed by atoms with Gasteiger partial charge in [-0.3, -0.25) is 4.79 Å². The van der Waals surface area contributed by atoms with Gasteiger partial charge in [0.05, 0.1) is 0 Å². The van der Waals surface area contributed by atoms with E-state index < -0.39 is 28.9 Å². The molecule has 1 aromatic carbocycles. The second-order valence-electron chi connectivity index (χ2n) is 9.73. The molecule has 1 atom stereocenters. The summed E-state index contributed by atoms with van der Waals surface area (Å²) in [5.41, 5.74) is 1.13. The van der Waals surface area contributed by atoms with Crippen molar-refractivity contribution in [3.8, 4) is 0 Å². The van der Waals surface area contributed by atoms with Gasteiger partial charge in [-0.15, -0.1) is 0 Å². The summed E-state index contributed by atoms with van der Waals surface area (Å²) in [6, 6.07) is 7.41. The number of nitrogens with zero attached hydrogens (tertiary/aromatic N) is 1. The highest BCUT2D eigenvalue weighted by Crippen LogP contribution is 2.41. The van der Waals surface area contributed by atoms with Crippen LogP contribution in [-0.2, 0) is 19.8 Å². The third-order valence-electron chi connectivity index (χ3n) is 4.80. The number of hydrogen-bond acceptors (Lipinski definition) is 5. The van der Waals surface area contributed by atoms with Crippen molar-refractivity contribution in [3.05, 3.63) is 35.4 Å². The number of hydrazine groups is 1. The number of ketones is 1. The highest BCUT2D eigenvalue weighted by molar-refractivity contribution is 5.94. The van der Waals surface area contributed by atoms with E-state index in [1.54, 1.807) is 41.5 Å². The van der Waals surface area contributed by atoms with Crippen molar-refractivity contribution in [3.63, 3.8) is 0 Å². The first-order chi connectivity index (χ1) is 13.8. The third kappa shape index (κ3) is 5.52. The number of Topliss-reactive ketones (excluding diaryl/α,β-unsaturated/α-hetero) is 1. The van der Waals surface area contributed by atoms with Crippen LogP contribution in [0.3, 0.4) is 0 Å². The van der Waals surface area contributed by atoms with Crippen molar-refractivity contribution in [2.75, 3.05) is 0 Å². The Bertz CT molecular complexity index is 807. The molecule has 7 nitrogen and oxygen atoms in total. The van der Waals surface area contributed by atoms with Crippen LogP contribution in [0.1, 0.15) is 78.4 Å². The van der Waals surface area contributed by atoms with Gasteiger partial charge in [-0.1, -0.05) is 24.3 Å². The van der Waals surface area contributed by atoms with Crippen LogP contribution >= 0.6 is 0 Å². The Morgan fingerprint density at radius 3 is 2.13 bits per heavy atom. The van der Waals surface area contributed by atoms with E-state index in [2.05, 4.69) is 5.43 Å². The highest BCUT2D eigenvalue weighted by atomic mass is 16.6. The Morgan fingerprint density at radius 2 is 1.60 bits per heavy atom. The lowest BCUT2D eigenvalue weighted by atomic mass is 9.73. The van der Waals surface area contributed by atoms with Gasteiger partial charge in [0.2, 0.25) is 0 Å². The fraction of sp³-hybridized carbons (Fsp3) is 0.609. The van der Waals surface area contributed by atoms with Crippen LogP contribution in [0.25, 0.3) is 0 Å². The molecule has 0 saturated heterocycles. The number of aryl methyl sites for hydroxylation is 1. The zero-order valence-electron chi connectivity index (χ0n) is 19.1. The van der Waals surface area contributed by atoms with Gasteiger partial charge in [0.1, 0.15) is 11.2 Å². The van der Waals surface area contributed by atoms with E-state index in [0.29, 0.717) is 18.4 Å². The fourth-order valence-corrected chi connectivity index (χ4v) is 3.69. The van der Waals surface area contributed by atoms with E-state index in [9.17, 15) is 14.4 Å². The smallest absolute Gasteiger partial charge is 0.430 e. The van der Waals surface area contributed by atoms with E-state index >= 15 is 0 Å². The lowest BCUT2D eigenvalue weighted by molar-refractivity contribution is -0.137. The molecule has 1 aromatic rings. The summed E-state index contributed by atoms with van der Waals surface area (Å²) >= 11 is 0. The molecule has 1 aliphatic carbocycles. The van der Waals surface area contributed by atoms with Crippen LogP contribution in [-0.4, -0.2) is 34.2 Å². The molecule has 0 aliphatic heterocycles. The maximum absolute atomic E-state index is 13.4. The van der Waals surface area contributed by atoms with Crippen molar-refractivity contribution >= 4 is 18.0 Å². The van der Waals surface area contributed by atoms with Gasteiger partial charge in [0.25, 0.3) is 0 Å². The van der Waals surface area contributed by atoms with Crippen molar-refractivity contribution in [2.24, 2.45) is 0 Å². The Labute approximate surface area is 179 Å². The van der Waals surface area contributed by atoms with E-state index in [4.69, 9.17) is 9.47 Å². The number of rotatable bonds is 2. The number of amides is 2. The monoisotopic (exact) mass is 418 g/mol. The van der Waals surface area contributed by atoms with Crippen LogP contribution < -0.4 is 5.43 Å². The molecular weight excluding hydrogens is 384 g/mol. The van der Waals surface area contributed by atoms with Gasteiger partial charge in [0.15, 0.2) is 11.3 Å². The third-order valence-corrected chi connectivity index (χ3v) is 4.80. The molecule has 2 rings (SSSR count). The molecule has 1 aliphatic rings. The number of carbonyl (C=O) groups excluding carboxylic acids is 3. The summed E-state index contributed by atoms with van der Waals surface area (Å²) < 4.78 is 11.0. The summed E-state index contributed by atoms with van der Waals surface area (Å²) in [5.74, 6) is -0.134. The standard InChI is InChI=1S/C23H34N2O5/c1-16-12-8-9-13-17(16)23(15-11-10-14-18(23)26)25(20(28)30-22(5,6)7)24-19(27)29-21(2,3)4/h8-9,12-13H,10-11,14-15H2,1-7H3,(H,24,27)/t23-/m0/s1. The first-order valence-corrected chi connectivity index (χ1v) is 10.4. The summed E-state index contributed by atoms with van der Waals surface area (Å²) in [5, 5.41) is 1.05. The summed E-state index contributed by atoms with van der Waals surface area (Å²) in [4.78, 5) is 39.3. The SMILES string of the molecule is Cc1ccccc1[C@@]1(N(NC(=O)OC(C)(C)C)C(=O)OC(C)(C)C)CCCCC1=O. The maximum atomic E-state index is 13.4. The molecule has 1 fully saturated rings. The zero-order valence-corrected chi connectivity index (χ0v) is 19.1. The fourth-order valence-electron chi connectivity index (χ4n) is 3.69. The first kappa shape index (κ1) is 23.7. The zero-order chi connectivity index (χ0) is 22.7. The summed E-state index contributed by atoms with van der Waals surface area (Å²) in [6.45, 7) is 12.3. The molecule has 1 N–H and O–H groups in total. The summed E-state index contributed by atoms with van der Waals surface area (Å²) in [6.07, 6.45) is 0.540. The molecule has 1 saturated carbocycles. The number of hydrogen-bond donors (Lipinski definition) is 1. The maximum Gasteiger partial charge on any atom is 0.430 e. The Kier molecular flexibility index (Phi) is 6.84. The lowest BCUT2D eigenvalue weighted by Crippen LogP contribution is -2.63. The van der Waals surface area contributed by atoms with Gasteiger partial charge < -0.3 is 9.47 Å². The topological polar surface area (TPSA) is 84.9 Å². The predicted octanol–water partition coefficient (Wildman–Crippen LogP) is 5.01. The van der Waals surface area contributed by atoms with Gasteiger partial charge in [-0.05, 0) is 78.9 Å². The predicted molar refractivity (Wildman–Crippen MR) is 114 cm³/mol. The van der Waals surface area contributed by atoms with E-state index in [-0.39, 0.29) is 5.78 Å². The van der Waals surface area contributed by atoms with E-state index in [0.717, 1.165) is 23.4 Å². The minimum Gasteiger partial charge on any atom is -0.443 e. The van der Waals surface area contributed by atoms with Crippen molar-refractivity contribution in [1.29, 1.82) is 0 Å². The molecule has 0 radical (unpaired) electrons. The van der Waals surface area contributed by atoms with Crippen molar-refractivity contribution < 1.29 is 23.9 Å². The normalized spacial score (nSPS) is 19.8. The first-order valence-electron chi connectivity index (χ1n) is 10.4. The Balaban J connectivity index is 2.60. The molecule has 2 amide bonds. The minimum absolute atomic E-state index is 0.134. The van der Waals surface area contributed by atoms with Crippen LogP contribution in [0.5, 0.6) is 0 Å². The molecule has 30 heavy (non-hydrogen) atoms. The van der Waals surface area contributed by atoms with E-state index in [1.165, 1.54) is 0 Å². The molecule has 0 heterocycles. The molecule has 7 heteroatoms. The molecule has 166 valence electrons. The molecular formula is C23H34N2O5. The van der Waals surface area contributed by atoms with Crippen LogP contribution in [0.4, 0.5) is 9.59 Å². The van der Waals surface area contributed by atoms with Gasteiger partial charge in [-0.2, -0.15) is 5.01 Å². The van der Waals surface area contributed by atoms with Crippen LogP contribution in [0.2, 0.25) is 0 Å². The highest BCUT2D eigenvalue weighted by Gasteiger charge is 2.52. The second kappa shape index (κ2) is 8.66. The average Bonchev–Trinajstić information content (AvgIpc) is 2.58. The number of nitrogens with one attached hydrogen (secondary N) is 1. The molecule has 0 bridgehead atoms. The molecule has 0 unspecified atom stereocenters. The number of carbonyl (C=O) groups is 3. The van der Waals surface area contributed by atoms with Gasteiger partial charge >= 0.3 is 12.2 Å². The Hall–Kier alpha value is -2.57. The van der Waals surface area contributed by atoms with Crippen LogP contribution in [0, 0.1) is 6.92 Å². The van der Waals surface area contributed by atoms with Crippen molar-refractivity contribution in [1.82, 2.24) is 10.4 Å². The molecule has 0 spiro atoms. The van der Waals surface area contributed by atoms with Crippen molar-refractivity contribution in [2.45, 2.75) is 90.9 Å². The minimum atomic E-state index is -1.36.